The van der Waals surface area contributed by atoms with Crippen molar-refractivity contribution in [2.75, 3.05) is 32.5 Å². The maximum atomic E-state index is 13.5. The number of halogens is 2. The maximum Gasteiger partial charge on any atom is 0.295 e. The van der Waals surface area contributed by atoms with E-state index in [1.807, 2.05) is 19.0 Å². The third-order valence-corrected chi connectivity index (χ3v) is 2.35. The first-order chi connectivity index (χ1) is 8.43. The van der Waals surface area contributed by atoms with Crippen LogP contribution < -0.4 is 5.32 Å². The van der Waals surface area contributed by atoms with Crippen LogP contribution in [0.5, 0.6) is 0 Å². The Morgan fingerprint density at radius 2 is 2.06 bits per heavy atom. The summed E-state index contributed by atoms with van der Waals surface area (Å²) in [6, 6.07) is 1.70. The van der Waals surface area contributed by atoms with E-state index in [1.54, 1.807) is 0 Å². The first kappa shape index (κ1) is 14.3. The fraction of sp³-hybridized carbons (Fsp3) is 0.455. The molecular weight excluding hydrogens is 244 g/mol. The lowest BCUT2D eigenvalue weighted by Crippen LogP contribution is -2.17. The van der Waals surface area contributed by atoms with Gasteiger partial charge >= 0.3 is 0 Å². The standard InChI is InChI=1S/C11H15F2N3O2/c1-15(2)7-3-6-14-11-9(16(17)18)5-4-8(12)10(11)13/h4-5,14H,3,6-7H2,1-2H3. The van der Waals surface area contributed by atoms with Gasteiger partial charge in [0.25, 0.3) is 5.69 Å². The molecule has 100 valence electrons. The van der Waals surface area contributed by atoms with Crippen molar-refractivity contribution in [1.29, 1.82) is 0 Å². The van der Waals surface area contributed by atoms with Crippen molar-refractivity contribution < 1.29 is 13.7 Å². The van der Waals surface area contributed by atoms with Crippen molar-refractivity contribution >= 4 is 11.4 Å². The van der Waals surface area contributed by atoms with E-state index >= 15 is 0 Å². The lowest BCUT2D eigenvalue weighted by Gasteiger charge is -2.11. The van der Waals surface area contributed by atoms with Crippen LogP contribution in [-0.4, -0.2) is 37.0 Å². The zero-order valence-electron chi connectivity index (χ0n) is 10.2. The molecule has 1 aromatic rings. The van der Waals surface area contributed by atoms with Crippen LogP contribution >= 0.6 is 0 Å². The van der Waals surface area contributed by atoms with Crippen LogP contribution in [0.2, 0.25) is 0 Å². The van der Waals surface area contributed by atoms with Gasteiger partial charge in [-0.15, -0.1) is 0 Å². The molecule has 5 nitrogen and oxygen atoms in total. The minimum Gasteiger partial charge on any atom is -0.377 e. The summed E-state index contributed by atoms with van der Waals surface area (Å²) in [7, 11) is 3.76. The number of anilines is 1. The van der Waals surface area contributed by atoms with E-state index in [9.17, 15) is 18.9 Å². The van der Waals surface area contributed by atoms with Crippen LogP contribution in [0.15, 0.2) is 12.1 Å². The molecule has 0 saturated carbocycles. The van der Waals surface area contributed by atoms with Gasteiger partial charge in [0.1, 0.15) is 0 Å². The fourth-order valence-electron chi connectivity index (χ4n) is 1.47. The molecule has 0 saturated heterocycles. The zero-order valence-corrected chi connectivity index (χ0v) is 10.2. The Bertz CT molecular complexity index is 439. The van der Waals surface area contributed by atoms with Gasteiger partial charge in [-0.25, -0.2) is 8.78 Å². The van der Waals surface area contributed by atoms with Gasteiger partial charge < -0.3 is 10.2 Å². The zero-order chi connectivity index (χ0) is 13.7. The number of hydrogen-bond acceptors (Lipinski definition) is 4. The third-order valence-electron chi connectivity index (χ3n) is 2.35. The summed E-state index contributed by atoms with van der Waals surface area (Å²) in [4.78, 5) is 11.9. The van der Waals surface area contributed by atoms with Crippen LogP contribution in [0.25, 0.3) is 0 Å². The minimum atomic E-state index is -1.21. The highest BCUT2D eigenvalue weighted by Crippen LogP contribution is 2.28. The van der Waals surface area contributed by atoms with Crippen molar-refractivity contribution in [3.05, 3.63) is 33.9 Å². The van der Waals surface area contributed by atoms with Crippen molar-refractivity contribution in [2.45, 2.75) is 6.42 Å². The van der Waals surface area contributed by atoms with Gasteiger partial charge in [-0.3, -0.25) is 10.1 Å². The van der Waals surface area contributed by atoms with E-state index in [0.717, 1.165) is 18.7 Å². The summed E-state index contributed by atoms with van der Waals surface area (Å²) < 4.78 is 26.5. The highest BCUT2D eigenvalue weighted by Gasteiger charge is 2.20. The van der Waals surface area contributed by atoms with Gasteiger partial charge in [-0.05, 0) is 33.1 Å². The van der Waals surface area contributed by atoms with E-state index in [4.69, 9.17) is 0 Å². The lowest BCUT2D eigenvalue weighted by atomic mass is 10.2. The molecule has 0 atom stereocenters. The molecule has 0 aliphatic rings. The molecule has 1 N–H and O–H groups in total. The largest absolute Gasteiger partial charge is 0.377 e. The molecule has 0 aliphatic carbocycles. The Morgan fingerprint density at radius 1 is 1.39 bits per heavy atom. The number of rotatable bonds is 6. The van der Waals surface area contributed by atoms with Crippen molar-refractivity contribution in [3.8, 4) is 0 Å². The number of benzene rings is 1. The van der Waals surface area contributed by atoms with Crippen molar-refractivity contribution in [3.63, 3.8) is 0 Å². The Labute approximate surface area is 104 Å². The monoisotopic (exact) mass is 259 g/mol. The highest BCUT2D eigenvalue weighted by atomic mass is 19.2. The van der Waals surface area contributed by atoms with Crippen LogP contribution in [0.4, 0.5) is 20.2 Å². The first-order valence-electron chi connectivity index (χ1n) is 5.44. The molecule has 0 aliphatic heterocycles. The summed E-state index contributed by atoms with van der Waals surface area (Å²) in [5.74, 6) is -2.32. The topological polar surface area (TPSA) is 58.4 Å². The van der Waals surface area contributed by atoms with E-state index in [-0.39, 0.29) is 0 Å². The van der Waals surface area contributed by atoms with Crippen molar-refractivity contribution in [1.82, 2.24) is 4.90 Å². The van der Waals surface area contributed by atoms with E-state index in [1.165, 1.54) is 0 Å². The predicted octanol–water partition coefficient (Wildman–Crippen LogP) is 2.24. The Balaban J connectivity index is 2.79. The molecule has 0 bridgehead atoms. The van der Waals surface area contributed by atoms with Crippen LogP contribution in [0.3, 0.4) is 0 Å². The van der Waals surface area contributed by atoms with Gasteiger partial charge in [0.05, 0.1) is 4.92 Å². The third kappa shape index (κ3) is 3.63. The summed E-state index contributed by atoms with van der Waals surface area (Å²) >= 11 is 0. The minimum absolute atomic E-state index is 0.333. The maximum absolute atomic E-state index is 13.5. The quantitative estimate of drug-likeness (QED) is 0.483. The normalized spacial score (nSPS) is 10.7. The summed E-state index contributed by atoms with van der Waals surface area (Å²) in [5, 5.41) is 13.3. The second kappa shape index (κ2) is 6.25. The molecular formula is C11H15F2N3O2. The first-order valence-corrected chi connectivity index (χ1v) is 5.44. The van der Waals surface area contributed by atoms with Gasteiger partial charge in [0.15, 0.2) is 17.3 Å². The molecule has 0 amide bonds. The van der Waals surface area contributed by atoms with Crippen LogP contribution in [0, 0.1) is 21.7 Å². The molecule has 0 heterocycles. The Morgan fingerprint density at radius 3 is 2.61 bits per heavy atom. The SMILES string of the molecule is CN(C)CCCNc1c([N+](=O)[O-])ccc(F)c1F. The van der Waals surface area contributed by atoms with E-state index in [0.29, 0.717) is 13.0 Å². The van der Waals surface area contributed by atoms with Crippen LogP contribution in [0.1, 0.15) is 6.42 Å². The second-order valence-electron chi connectivity index (χ2n) is 4.10. The average molecular weight is 259 g/mol. The molecule has 0 unspecified atom stereocenters. The van der Waals surface area contributed by atoms with E-state index in [2.05, 4.69) is 5.32 Å². The number of hydrogen-bond donors (Lipinski definition) is 1. The molecule has 7 heteroatoms. The average Bonchev–Trinajstić information content (AvgIpc) is 2.29. The van der Waals surface area contributed by atoms with Crippen molar-refractivity contribution in [2.24, 2.45) is 0 Å². The Kier molecular flexibility index (Phi) is 4.96. The molecule has 0 spiro atoms. The molecule has 0 radical (unpaired) electrons. The summed E-state index contributed by atoms with van der Waals surface area (Å²) in [5.41, 5.74) is -0.850. The lowest BCUT2D eigenvalue weighted by molar-refractivity contribution is -0.384. The summed E-state index contributed by atoms with van der Waals surface area (Å²) in [6.07, 6.45) is 0.667. The molecule has 0 aromatic heterocycles. The number of nitro benzene ring substituents is 1. The number of nitro groups is 1. The molecule has 1 aromatic carbocycles. The van der Waals surface area contributed by atoms with Gasteiger partial charge in [0.2, 0.25) is 0 Å². The smallest absolute Gasteiger partial charge is 0.295 e. The highest BCUT2D eigenvalue weighted by molar-refractivity contribution is 5.62. The second-order valence-corrected chi connectivity index (χ2v) is 4.10. The number of nitrogens with one attached hydrogen (secondary N) is 1. The molecule has 0 fully saturated rings. The predicted molar refractivity (Wildman–Crippen MR) is 64.7 cm³/mol. The Hall–Kier alpha value is -1.76. The van der Waals surface area contributed by atoms with Gasteiger partial charge in [-0.1, -0.05) is 0 Å². The van der Waals surface area contributed by atoms with E-state index < -0.39 is 27.9 Å². The van der Waals surface area contributed by atoms with Crippen LogP contribution in [-0.2, 0) is 0 Å². The molecule has 1 rings (SSSR count). The van der Waals surface area contributed by atoms with Gasteiger partial charge in [-0.2, -0.15) is 0 Å². The fourth-order valence-corrected chi connectivity index (χ4v) is 1.47. The number of nitrogens with zero attached hydrogens (tertiary/aromatic N) is 2. The molecule has 18 heavy (non-hydrogen) atoms. The van der Waals surface area contributed by atoms with Gasteiger partial charge in [0, 0.05) is 12.6 Å². The summed E-state index contributed by atoms with van der Waals surface area (Å²) in [6.45, 7) is 1.08.